The maximum atomic E-state index is 12.2. The van der Waals surface area contributed by atoms with Crippen molar-refractivity contribution in [2.75, 3.05) is 19.6 Å². The summed E-state index contributed by atoms with van der Waals surface area (Å²) >= 11 is 0. The summed E-state index contributed by atoms with van der Waals surface area (Å²) in [7, 11) is 0. The number of piperidine rings is 1. The molecular formula is C16H30N2O. The SMILES string of the molecule is CC(C)CC1(CNC(=O)[C@@H]2CCCNC2)CCCC1. The molecule has 2 fully saturated rings. The Kier molecular flexibility index (Phi) is 5.26. The van der Waals surface area contributed by atoms with E-state index in [2.05, 4.69) is 24.5 Å². The van der Waals surface area contributed by atoms with Gasteiger partial charge >= 0.3 is 0 Å². The number of hydrogen-bond donors (Lipinski definition) is 2. The molecule has 0 aromatic carbocycles. The summed E-state index contributed by atoms with van der Waals surface area (Å²) in [6.45, 7) is 7.44. The third-order valence-corrected chi connectivity index (χ3v) is 4.81. The number of amides is 1. The molecule has 0 unspecified atom stereocenters. The quantitative estimate of drug-likeness (QED) is 0.803. The highest BCUT2D eigenvalue weighted by molar-refractivity contribution is 5.79. The van der Waals surface area contributed by atoms with Gasteiger partial charge in [0, 0.05) is 13.1 Å². The topological polar surface area (TPSA) is 41.1 Å². The number of carbonyl (C=O) groups is 1. The molecule has 0 spiro atoms. The lowest BCUT2D eigenvalue weighted by molar-refractivity contribution is -0.126. The van der Waals surface area contributed by atoms with Crippen molar-refractivity contribution in [2.24, 2.45) is 17.3 Å². The molecule has 0 bridgehead atoms. The van der Waals surface area contributed by atoms with Gasteiger partial charge in [-0.15, -0.1) is 0 Å². The second kappa shape index (κ2) is 6.74. The van der Waals surface area contributed by atoms with Gasteiger partial charge < -0.3 is 10.6 Å². The molecule has 110 valence electrons. The van der Waals surface area contributed by atoms with E-state index < -0.39 is 0 Å². The van der Waals surface area contributed by atoms with Gasteiger partial charge in [-0.2, -0.15) is 0 Å². The van der Waals surface area contributed by atoms with E-state index in [-0.39, 0.29) is 11.8 Å². The first-order chi connectivity index (χ1) is 9.11. The zero-order valence-corrected chi connectivity index (χ0v) is 12.6. The van der Waals surface area contributed by atoms with Gasteiger partial charge in [-0.05, 0) is 50.0 Å². The molecule has 0 aromatic heterocycles. The summed E-state index contributed by atoms with van der Waals surface area (Å²) in [5.74, 6) is 1.21. The van der Waals surface area contributed by atoms with Gasteiger partial charge in [-0.3, -0.25) is 4.79 Å². The average molecular weight is 266 g/mol. The van der Waals surface area contributed by atoms with Crippen LogP contribution in [0, 0.1) is 17.3 Å². The third-order valence-electron chi connectivity index (χ3n) is 4.81. The van der Waals surface area contributed by atoms with Crippen molar-refractivity contribution >= 4 is 5.91 Å². The van der Waals surface area contributed by atoms with E-state index in [0.29, 0.717) is 5.41 Å². The lowest BCUT2D eigenvalue weighted by atomic mass is 9.78. The van der Waals surface area contributed by atoms with E-state index in [1.54, 1.807) is 0 Å². The Morgan fingerprint density at radius 2 is 2.05 bits per heavy atom. The molecule has 1 saturated heterocycles. The number of rotatable bonds is 5. The van der Waals surface area contributed by atoms with Gasteiger partial charge in [0.1, 0.15) is 0 Å². The van der Waals surface area contributed by atoms with Crippen molar-refractivity contribution in [3.63, 3.8) is 0 Å². The molecule has 2 aliphatic rings. The Morgan fingerprint density at radius 3 is 2.63 bits per heavy atom. The summed E-state index contributed by atoms with van der Waals surface area (Å²) in [5, 5.41) is 6.59. The predicted octanol–water partition coefficient (Wildman–Crippen LogP) is 2.71. The normalized spacial score (nSPS) is 26.6. The molecule has 19 heavy (non-hydrogen) atoms. The number of hydrogen-bond acceptors (Lipinski definition) is 2. The second-order valence-electron chi connectivity index (χ2n) is 7.07. The van der Waals surface area contributed by atoms with E-state index in [9.17, 15) is 4.79 Å². The van der Waals surface area contributed by atoms with E-state index in [4.69, 9.17) is 0 Å². The minimum atomic E-state index is 0.200. The van der Waals surface area contributed by atoms with Crippen molar-refractivity contribution in [2.45, 2.75) is 58.8 Å². The maximum Gasteiger partial charge on any atom is 0.224 e. The Hall–Kier alpha value is -0.570. The van der Waals surface area contributed by atoms with Crippen LogP contribution in [0.4, 0.5) is 0 Å². The molecule has 1 amide bonds. The summed E-state index contributed by atoms with van der Waals surface area (Å²) < 4.78 is 0. The molecule has 3 heteroatoms. The average Bonchev–Trinajstić information content (AvgIpc) is 2.85. The molecule has 2 N–H and O–H groups in total. The second-order valence-corrected chi connectivity index (χ2v) is 7.07. The van der Waals surface area contributed by atoms with Crippen molar-refractivity contribution in [1.29, 1.82) is 0 Å². The van der Waals surface area contributed by atoms with Crippen LogP contribution < -0.4 is 10.6 Å². The van der Waals surface area contributed by atoms with E-state index >= 15 is 0 Å². The summed E-state index contributed by atoms with van der Waals surface area (Å²) in [5.41, 5.74) is 0.395. The fraction of sp³-hybridized carbons (Fsp3) is 0.938. The summed E-state index contributed by atoms with van der Waals surface area (Å²) in [6.07, 6.45) is 8.73. The first-order valence-corrected chi connectivity index (χ1v) is 8.10. The van der Waals surface area contributed by atoms with Gasteiger partial charge in [-0.25, -0.2) is 0 Å². The predicted molar refractivity (Wildman–Crippen MR) is 79.0 cm³/mol. The van der Waals surface area contributed by atoms with Gasteiger partial charge in [0.25, 0.3) is 0 Å². The fourth-order valence-electron chi connectivity index (χ4n) is 3.94. The van der Waals surface area contributed by atoms with E-state index in [1.165, 1.54) is 32.1 Å². The van der Waals surface area contributed by atoms with Crippen LogP contribution >= 0.6 is 0 Å². The van der Waals surface area contributed by atoms with E-state index in [1.807, 2.05) is 0 Å². The van der Waals surface area contributed by atoms with Gasteiger partial charge in [0.15, 0.2) is 0 Å². The Labute approximate surface area is 117 Å². The molecule has 1 aliphatic carbocycles. The van der Waals surface area contributed by atoms with Crippen LogP contribution in [-0.4, -0.2) is 25.5 Å². The molecule has 0 aromatic rings. The zero-order chi connectivity index (χ0) is 13.7. The first kappa shape index (κ1) is 14.8. The third kappa shape index (κ3) is 4.20. The molecule has 1 heterocycles. The van der Waals surface area contributed by atoms with Crippen LogP contribution in [0.5, 0.6) is 0 Å². The van der Waals surface area contributed by atoms with Crippen LogP contribution in [0.25, 0.3) is 0 Å². The minimum Gasteiger partial charge on any atom is -0.355 e. The number of carbonyl (C=O) groups excluding carboxylic acids is 1. The molecule has 3 nitrogen and oxygen atoms in total. The smallest absolute Gasteiger partial charge is 0.224 e. The highest BCUT2D eigenvalue weighted by atomic mass is 16.1. The van der Waals surface area contributed by atoms with Crippen LogP contribution in [0.1, 0.15) is 58.8 Å². The lowest BCUT2D eigenvalue weighted by Gasteiger charge is -2.32. The van der Waals surface area contributed by atoms with Crippen LogP contribution in [0.3, 0.4) is 0 Å². The highest BCUT2D eigenvalue weighted by Gasteiger charge is 2.35. The molecule has 0 radical (unpaired) electrons. The van der Waals surface area contributed by atoms with Crippen molar-refractivity contribution < 1.29 is 4.79 Å². The maximum absolute atomic E-state index is 12.2. The van der Waals surface area contributed by atoms with Crippen molar-refractivity contribution in [1.82, 2.24) is 10.6 Å². The van der Waals surface area contributed by atoms with Crippen molar-refractivity contribution in [3.05, 3.63) is 0 Å². The Balaban J connectivity index is 1.82. The zero-order valence-electron chi connectivity index (χ0n) is 12.6. The molecule has 1 aliphatic heterocycles. The van der Waals surface area contributed by atoms with Gasteiger partial charge in [0.2, 0.25) is 5.91 Å². The summed E-state index contributed by atoms with van der Waals surface area (Å²) in [4.78, 5) is 12.2. The summed E-state index contributed by atoms with van der Waals surface area (Å²) in [6, 6.07) is 0. The van der Waals surface area contributed by atoms with E-state index in [0.717, 1.165) is 38.4 Å². The fourth-order valence-corrected chi connectivity index (χ4v) is 3.94. The monoisotopic (exact) mass is 266 g/mol. The lowest BCUT2D eigenvalue weighted by Crippen LogP contribution is -2.44. The van der Waals surface area contributed by atoms with Crippen LogP contribution in [-0.2, 0) is 4.79 Å². The molecule has 2 rings (SSSR count). The largest absolute Gasteiger partial charge is 0.355 e. The molecule has 1 saturated carbocycles. The first-order valence-electron chi connectivity index (χ1n) is 8.10. The van der Waals surface area contributed by atoms with Crippen molar-refractivity contribution in [3.8, 4) is 0 Å². The standard InChI is InChI=1S/C16H30N2O/c1-13(2)10-16(7-3-4-8-16)12-18-15(19)14-6-5-9-17-11-14/h13-14,17H,3-12H2,1-2H3,(H,18,19)/t14-/m1/s1. The highest BCUT2D eigenvalue weighted by Crippen LogP contribution is 2.42. The van der Waals surface area contributed by atoms with Gasteiger partial charge in [-0.1, -0.05) is 26.7 Å². The minimum absolute atomic E-state index is 0.200. The molecular weight excluding hydrogens is 236 g/mol. The van der Waals surface area contributed by atoms with Crippen LogP contribution in [0.2, 0.25) is 0 Å². The van der Waals surface area contributed by atoms with Gasteiger partial charge in [0.05, 0.1) is 5.92 Å². The van der Waals surface area contributed by atoms with Crippen LogP contribution in [0.15, 0.2) is 0 Å². The Bertz CT molecular complexity index is 289. The molecule has 1 atom stereocenters. The Morgan fingerprint density at radius 1 is 1.32 bits per heavy atom. The number of nitrogens with one attached hydrogen (secondary N) is 2.